The number of nitrogens with one attached hydrogen (secondary N) is 2. The molecule has 3 N–H and O–H groups in total. The molecule has 3 aromatic rings. The van der Waals surface area contributed by atoms with Crippen LogP contribution in [0.2, 0.25) is 0 Å². The topological polar surface area (TPSA) is 128 Å². The normalized spacial score (nSPS) is 13.8. The first kappa shape index (κ1) is 27.5. The molecule has 1 aliphatic heterocycles. The standard InChI is InChI=1S/C26H25F3N6O4/c27-14-26(39,15-28)19-4-1-17(2-5-19)12-34-9-10-35(13-23(34)36)24(37)18-3-6-21(20(29)11-18)32-25(38)33-22-7-8-30-16-31-22/h1-8,11,16,39H,9-10,12-15H2,(H2,30,31,32,33,38). The Bertz CT molecular complexity index is 1340. The Labute approximate surface area is 221 Å². The molecular weight excluding hydrogens is 517 g/mol. The van der Waals surface area contributed by atoms with Crippen LogP contribution in [-0.4, -0.2) is 75.7 Å². The second kappa shape index (κ2) is 11.9. The Balaban J connectivity index is 1.33. The van der Waals surface area contributed by atoms with Gasteiger partial charge in [-0.1, -0.05) is 24.3 Å². The molecule has 1 aromatic heterocycles. The predicted octanol–water partition coefficient (Wildman–Crippen LogP) is 2.87. The second-order valence-corrected chi connectivity index (χ2v) is 8.91. The van der Waals surface area contributed by atoms with Crippen LogP contribution in [0.4, 0.5) is 29.5 Å². The van der Waals surface area contributed by atoms with E-state index >= 15 is 0 Å². The zero-order valence-electron chi connectivity index (χ0n) is 20.6. The molecule has 2 heterocycles. The van der Waals surface area contributed by atoms with Crippen molar-refractivity contribution in [1.82, 2.24) is 19.8 Å². The van der Waals surface area contributed by atoms with E-state index in [0.29, 0.717) is 5.56 Å². The summed E-state index contributed by atoms with van der Waals surface area (Å²) < 4.78 is 40.7. The van der Waals surface area contributed by atoms with E-state index in [0.717, 1.165) is 6.07 Å². The van der Waals surface area contributed by atoms with E-state index in [1.165, 1.54) is 52.7 Å². The Morgan fingerprint density at radius 1 is 1.03 bits per heavy atom. The van der Waals surface area contributed by atoms with Crippen LogP contribution >= 0.6 is 0 Å². The number of amides is 4. The van der Waals surface area contributed by atoms with Gasteiger partial charge in [-0.25, -0.2) is 27.9 Å². The van der Waals surface area contributed by atoms with Crippen molar-refractivity contribution in [3.63, 3.8) is 0 Å². The molecule has 0 atom stereocenters. The number of halogens is 3. The zero-order chi connectivity index (χ0) is 28.0. The molecule has 13 heteroatoms. The average molecular weight is 543 g/mol. The van der Waals surface area contributed by atoms with E-state index in [4.69, 9.17) is 0 Å². The monoisotopic (exact) mass is 542 g/mol. The maximum absolute atomic E-state index is 14.6. The van der Waals surface area contributed by atoms with Gasteiger partial charge in [0.15, 0.2) is 0 Å². The highest BCUT2D eigenvalue weighted by Crippen LogP contribution is 2.24. The van der Waals surface area contributed by atoms with E-state index in [-0.39, 0.29) is 54.7 Å². The summed E-state index contributed by atoms with van der Waals surface area (Å²) in [5.74, 6) is -1.49. The highest BCUT2D eigenvalue weighted by Gasteiger charge is 2.31. The Kier molecular flexibility index (Phi) is 8.39. The van der Waals surface area contributed by atoms with Crippen molar-refractivity contribution in [2.75, 3.05) is 43.6 Å². The fourth-order valence-corrected chi connectivity index (χ4v) is 3.95. The molecular formula is C26H25F3N6O4. The lowest BCUT2D eigenvalue weighted by Gasteiger charge is -2.34. The lowest BCUT2D eigenvalue weighted by atomic mass is 9.95. The van der Waals surface area contributed by atoms with Crippen LogP contribution in [0.5, 0.6) is 0 Å². The summed E-state index contributed by atoms with van der Waals surface area (Å²) in [4.78, 5) is 48.1. The number of piperazine rings is 1. The van der Waals surface area contributed by atoms with Crippen molar-refractivity contribution < 1.29 is 32.7 Å². The van der Waals surface area contributed by atoms with E-state index < -0.39 is 36.7 Å². The SMILES string of the molecule is O=C(Nc1ccncn1)Nc1ccc(C(=O)N2CCN(Cc3ccc(C(O)(CF)CF)cc3)C(=O)C2)cc1F. The van der Waals surface area contributed by atoms with Gasteiger partial charge in [-0.2, -0.15) is 0 Å². The van der Waals surface area contributed by atoms with Gasteiger partial charge < -0.3 is 20.2 Å². The third kappa shape index (κ3) is 6.49. The number of urea groups is 1. The van der Waals surface area contributed by atoms with Gasteiger partial charge in [0, 0.05) is 31.4 Å². The molecule has 0 spiro atoms. The van der Waals surface area contributed by atoms with Gasteiger partial charge in [0.2, 0.25) is 5.91 Å². The largest absolute Gasteiger partial charge is 0.380 e. The summed E-state index contributed by atoms with van der Waals surface area (Å²) in [7, 11) is 0. The Morgan fingerprint density at radius 3 is 2.38 bits per heavy atom. The molecule has 4 amide bonds. The van der Waals surface area contributed by atoms with Gasteiger partial charge in [-0.05, 0) is 35.4 Å². The van der Waals surface area contributed by atoms with Gasteiger partial charge >= 0.3 is 6.03 Å². The summed E-state index contributed by atoms with van der Waals surface area (Å²) in [5, 5.41) is 14.7. The first-order valence-electron chi connectivity index (χ1n) is 11.9. The number of hydrogen-bond acceptors (Lipinski definition) is 6. The number of anilines is 2. The lowest BCUT2D eigenvalue weighted by molar-refractivity contribution is -0.135. The zero-order valence-corrected chi connectivity index (χ0v) is 20.6. The van der Waals surface area contributed by atoms with Crippen molar-refractivity contribution in [3.05, 3.63) is 83.6 Å². The number of benzene rings is 2. The van der Waals surface area contributed by atoms with E-state index in [1.54, 1.807) is 12.1 Å². The van der Waals surface area contributed by atoms with Crippen LogP contribution < -0.4 is 10.6 Å². The maximum atomic E-state index is 14.6. The molecule has 2 aromatic carbocycles. The quantitative estimate of drug-likeness (QED) is 0.402. The molecule has 1 saturated heterocycles. The molecule has 1 fully saturated rings. The predicted molar refractivity (Wildman–Crippen MR) is 135 cm³/mol. The van der Waals surface area contributed by atoms with Gasteiger partial charge in [-0.3, -0.25) is 14.9 Å². The number of alkyl halides is 2. The molecule has 1 aliphatic rings. The molecule has 0 bridgehead atoms. The van der Waals surface area contributed by atoms with Crippen LogP contribution in [0.1, 0.15) is 21.5 Å². The summed E-state index contributed by atoms with van der Waals surface area (Å²) in [5.41, 5.74) is -1.56. The lowest BCUT2D eigenvalue weighted by Crippen LogP contribution is -2.51. The summed E-state index contributed by atoms with van der Waals surface area (Å²) >= 11 is 0. The second-order valence-electron chi connectivity index (χ2n) is 8.91. The number of nitrogens with zero attached hydrogens (tertiary/aromatic N) is 4. The first-order valence-corrected chi connectivity index (χ1v) is 11.9. The molecule has 10 nitrogen and oxygen atoms in total. The van der Waals surface area contributed by atoms with Crippen LogP contribution in [0.3, 0.4) is 0 Å². The molecule has 0 radical (unpaired) electrons. The van der Waals surface area contributed by atoms with E-state index in [9.17, 15) is 32.7 Å². The van der Waals surface area contributed by atoms with Gasteiger partial charge in [0.25, 0.3) is 5.91 Å². The highest BCUT2D eigenvalue weighted by atomic mass is 19.1. The number of rotatable bonds is 8. The average Bonchev–Trinajstić information content (AvgIpc) is 2.95. The Hall–Kier alpha value is -4.52. The van der Waals surface area contributed by atoms with Crippen molar-refractivity contribution in [3.8, 4) is 0 Å². The highest BCUT2D eigenvalue weighted by molar-refractivity contribution is 6.00. The third-order valence-electron chi connectivity index (χ3n) is 6.20. The molecule has 0 saturated carbocycles. The molecule has 4 rings (SSSR count). The number of aromatic nitrogens is 2. The first-order chi connectivity index (χ1) is 18.7. The number of aliphatic hydroxyl groups is 1. The summed E-state index contributed by atoms with van der Waals surface area (Å²) in [6, 6.07) is 10.3. The smallest absolute Gasteiger partial charge is 0.324 e. The summed E-state index contributed by atoms with van der Waals surface area (Å²) in [6.45, 7) is -2.12. The van der Waals surface area contributed by atoms with Crippen LogP contribution in [-0.2, 0) is 16.9 Å². The van der Waals surface area contributed by atoms with Gasteiger partial charge in [-0.15, -0.1) is 0 Å². The van der Waals surface area contributed by atoms with Crippen LogP contribution in [0.25, 0.3) is 0 Å². The summed E-state index contributed by atoms with van der Waals surface area (Å²) in [6.07, 6.45) is 2.67. The third-order valence-corrected chi connectivity index (χ3v) is 6.20. The molecule has 39 heavy (non-hydrogen) atoms. The number of hydrogen-bond donors (Lipinski definition) is 3. The minimum Gasteiger partial charge on any atom is -0.380 e. The minimum absolute atomic E-state index is 0.0133. The van der Waals surface area contributed by atoms with E-state index in [2.05, 4.69) is 20.6 Å². The van der Waals surface area contributed by atoms with E-state index in [1.807, 2.05) is 0 Å². The van der Waals surface area contributed by atoms with Gasteiger partial charge in [0.1, 0.15) is 43.5 Å². The Morgan fingerprint density at radius 2 is 1.77 bits per heavy atom. The van der Waals surface area contributed by atoms with Gasteiger partial charge in [0.05, 0.1) is 5.69 Å². The van der Waals surface area contributed by atoms with Crippen molar-refractivity contribution in [2.24, 2.45) is 0 Å². The number of carbonyl (C=O) groups excluding carboxylic acids is 3. The fraction of sp³-hybridized carbons (Fsp3) is 0.269. The van der Waals surface area contributed by atoms with Crippen LogP contribution in [0, 0.1) is 5.82 Å². The molecule has 0 unspecified atom stereocenters. The van der Waals surface area contributed by atoms with Crippen molar-refractivity contribution >= 4 is 29.4 Å². The van der Waals surface area contributed by atoms with Crippen molar-refractivity contribution in [1.29, 1.82) is 0 Å². The molecule has 204 valence electrons. The van der Waals surface area contributed by atoms with Crippen molar-refractivity contribution in [2.45, 2.75) is 12.1 Å². The molecule has 0 aliphatic carbocycles. The maximum Gasteiger partial charge on any atom is 0.324 e. The fourth-order valence-electron chi connectivity index (χ4n) is 3.95. The minimum atomic E-state index is -2.20. The van der Waals surface area contributed by atoms with Crippen LogP contribution in [0.15, 0.2) is 61.1 Å². The number of carbonyl (C=O) groups is 3.